The van der Waals surface area contributed by atoms with Gasteiger partial charge in [0.2, 0.25) is 0 Å². The normalized spacial score (nSPS) is 32.0. The van der Waals surface area contributed by atoms with E-state index in [0.717, 1.165) is 37.2 Å². The summed E-state index contributed by atoms with van der Waals surface area (Å²) < 4.78 is 5.40. The van der Waals surface area contributed by atoms with Crippen molar-refractivity contribution < 1.29 is 4.74 Å². The Morgan fingerprint density at radius 2 is 2.17 bits per heavy atom. The van der Waals surface area contributed by atoms with Crippen LogP contribution < -0.4 is 11.6 Å². The van der Waals surface area contributed by atoms with Crippen LogP contribution in [0.3, 0.4) is 0 Å². The first kappa shape index (κ1) is 11.6. The number of ether oxygens (including phenoxy) is 1. The zero-order chi connectivity index (χ0) is 12.6. The Labute approximate surface area is 106 Å². The smallest absolute Gasteiger partial charge is 0.138 e. The maximum Gasteiger partial charge on any atom is 0.138 e. The lowest BCUT2D eigenvalue weighted by Gasteiger charge is -2.41. The number of dihydropyridines is 1. The maximum absolute atomic E-state index is 6.57. The molecule has 0 aromatic rings. The SMILES string of the molecule is NN1C=CC2=CC=NC(N)(C3CCOCC3)C2=C1. The molecule has 96 valence electrons. The van der Waals surface area contributed by atoms with Gasteiger partial charge in [-0.15, -0.1) is 0 Å². The molecule has 3 heterocycles. The average Bonchev–Trinajstić information content (AvgIpc) is 2.41. The molecule has 1 fully saturated rings. The standard InChI is InChI=1S/C13H18N4O/c14-13(11-3-7-18-8-4-11)12-9-17(15)6-2-10(12)1-5-16-13/h1-2,5-6,9,11H,3-4,7-8,14-15H2. The van der Waals surface area contributed by atoms with Crippen molar-refractivity contribution >= 4 is 6.21 Å². The predicted octanol–water partition coefficient (Wildman–Crippen LogP) is 0.666. The van der Waals surface area contributed by atoms with Gasteiger partial charge >= 0.3 is 0 Å². The van der Waals surface area contributed by atoms with E-state index in [0.29, 0.717) is 5.92 Å². The monoisotopic (exact) mass is 246 g/mol. The van der Waals surface area contributed by atoms with E-state index in [1.807, 2.05) is 24.6 Å². The number of hydrazine groups is 1. The van der Waals surface area contributed by atoms with Gasteiger partial charge in [-0.2, -0.15) is 0 Å². The van der Waals surface area contributed by atoms with E-state index < -0.39 is 5.66 Å². The van der Waals surface area contributed by atoms with Crippen molar-refractivity contribution in [3.63, 3.8) is 0 Å². The number of nitrogens with zero attached hydrogens (tertiary/aromatic N) is 2. The third kappa shape index (κ3) is 1.80. The molecule has 1 unspecified atom stereocenters. The van der Waals surface area contributed by atoms with Gasteiger partial charge in [-0.05, 0) is 30.6 Å². The molecule has 3 aliphatic heterocycles. The number of allylic oxidation sites excluding steroid dienone is 2. The summed E-state index contributed by atoms with van der Waals surface area (Å²) in [5.41, 5.74) is 8.00. The summed E-state index contributed by atoms with van der Waals surface area (Å²) in [7, 11) is 0. The van der Waals surface area contributed by atoms with Gasteiger partial charge in [0, 0.05) is 43.3 Å². The lowest BCUT2D eigenvalue weighted by Crippen LogP contribution is -2.51. The van der Waals surface area contributed by atoms with Gasteiger partial charge < -0.3 is 10.5 Å². The molecule has 0 spiro atoms. The Hall–Kier alpha value is -1.43. The maximum atomic E-state index is 6.57. The van der Waals surface area contributed by atoms with E-state index in [4.69, 9.17) is 16.3 Å². The summed E-state index contributed by atoms with van der Waals surface area (Å²) in [6.45, 7) is 1.52. The number of hydrogen-bond donors (Lipinski definition) is 2. The summed E-state index contributed by atoms with van der Waals surface area (Å²) in [5.74, 6) is 6.11. The quantitative estimate of drug-likeness (QED) is 0.667. The van der Waals surface area contributed by atoms with Crippen molar-refractivity contribution in [2.75, 3.05) is 13.2 Å². The third-order valence-corrected chi connectivity index (χ3v) is 3.83. The second-order valence-electron chi connectivity index (χ2n) is 4.92. The molecule has 0 aliphatic carbocycles. The van der Waals surface area contributed by atoms with Crippen LogP contribution >= 0.6 is 0 Å². The van der Waals surface area contributed by atoms with E-state index in [-0.39, 0.29) is 0 Å². The molecule has 3 aliphatic rings. The van der Waals surface area contributed by atoms with Crippen LogP contribution in [0.4, 0.5) is 0 Å². The zero-order valence-electron chi connectivity index (χ0n) is 10.2. The van der Waals surface area contributed by atoms with Gasteiger partial charge in [0.15, 0.2) is 0 Å². The minimum absolute atomic E-state index is 0.303. The summed E-state index contributed by atoms with van der Waals surface area (Å²) in [4.78, 5) is 4.54. The summed E-state index contributed by atoms with van der Waals surface area (Å²) in [6, 6.07) is 0. The molecular weight excluding hydrogens is 228 g/mol. The van der Waals surface area contributed by atoms with Crippen molar-refractivity contribution in [1.82, 2.24) is 5.01 Å². The fraction of sp³-hybridized carbons (Fsp3) is 0.462. The highest BCUT2D eigenvalue weighted by molar-refractivity contribution is 5.79. The molecule has 0 radical (unpaired) electrons. The molecule has 0 aromatic carbocycles. The minimum atomic E-state index is -0.670. The first-order valence-electron chi connectivity index (χ1n) is 6.26. The van der Waals surface area contributed by atoms with E-state index in [1.54, 1.807) is 6.21 Å². The Morgan fingerprint density at radius 1 is 1.39 bits per heavy atom. The van der Waals surface area contributed by atoms with Crippen LogP contribution in [0.2, 0.25) is 0 Å². The second-order valence-corrected chi connectivity index (χ2v) is 4.92. The molecule has 0 saturated carbocycles. The molecule has 5 nitrogen and oxygen atoms in total. The van der Waals surface area contributed by atoms with E-state index in [1.165, 1.54) is 5.01 Å². The highest BCUT2D eigenvalue weighted by Gasteiger charge is 2.41. The van der Waals surface area contributed by atoms with Crippen molar-refractivity contribution in [1.29, 1.82) is 0 Å². The van der Waals surface area contributed by atoms with Crippen LogP contribution in [0.1, 0.15) is 12.8 Å². The van der Waals surface area contributed by atoms with Gasteiger partial charge in [-0.25, -0.2) is 5.84 Å². The lowest BCUT2D eigenvalue weighted by molar-refractivity contribution is 0.0469. The number of rotatable bonds is 1. The molecule has 1 atom stereocenters. The first-order valence-corrected chi connectivity index (χ1v) is 6.26. The van der Waals surface area contributed by atoms with Gasteiger partial charge in [0.05, 0.1) is 0 Å². The molecular formula is C13H18N4O. The number of hydrogen-bond acceptors (Lipinski definition) is 5. The van der Waals surface area contributed by atoms with Crippen LogP contribution in [0.15, 0.2) is 40.7 Å². The van der Waals surface area contributed by atoms with Crippen LogP contribution in [0.5, 0.6) is 0 Å². The van der Waals surface area contributed by atoms with Gasteiger partial charge in [-0.3, -0.25) is 10.0 Å². The minimum Gasteiger partial charge on any atom is -0.381 e. The summed E-state index contributed by atoms with van der Waals surface area (Å²) in [5, 5.41) is 1.54. The number of aliphatic imine (C=N–C) groups is 1. The average molecular weight is 246 g/mol. The van der Waals surface area contributed by atoms with Crippen LogP contribution in [0.25, 0.3) is 0 Å². The molecule has 5 heteroatoms. The Kier molecular flexibility index (Phi) is 2.81. The van der Waals surface area contributed by atoms with Crippen molar-refractivity contribution in [3.05, 3.63) is 35.7 Å². The van der Waals surface area contributed by atoms with E-state index in [2.05, 4.69) is 4.99 Å². The molecule has 0 bridgehead atoms. The van der Waals surface area contributed by atoms with Crippen LogP contribution in [0, 0.1) is 5.92 Å². The lowest BCUT2D eigenvalue weighted by atomic mass is 9.77. The molecule has 0 amide bonds. The molecule has 3 rings (SSSR count). The molecule has 4 N–H and O–H groups in total. The van der Waals surface area contributed by atoms with E-state index in [9.17, 15) is 0 Å². The van der Waals surface area contributed by atoms with Gasteiger partial charge in [0.25, 0.3) is 0 Å². The Bertz CT molecular complexity index is 460. The first-order chi connectivity index (χ1) is 8.70. The molecule has 0 aromatic heterocycles. The highest BCUT2D eigenvalue weighted by Crippen LogP contribution is 2.38. The van der Waals surface area contributed by atoms with Crippen LogP contribution in [-0.4, -0.2) is 30.1 Å². The molecule has 18 heavy (non-hydrogen) atoms. The number of nitrogens with two attached hydrogens (primary N) is 2. The highest BCUT2D eigenvalue weighted by atomic mass is 16.5. The number of fused-ring (bicyclic) bond motifs is 1. The Morgan fingerprint density at radius 3 is 2.94 bits per heavy atom. The van der Waals surface area contributed by atoms with Crippen molar-refractivity contribution in [2.24, 2.45) is 22.5 Å². The van der Waals surface area contributed by atoms with Crippen molar-refractivity contribution in [3.8, 4) is 0 Å². The third-order valence-electron chi connectivity index (χ3n) is 3.83. The Balaban J connectivity index is 1.96. The van der Waals surface area contributed by atoms with Gasteiger partial charge in [-0.1, -0.05) is 0 Å². The fourth-order valence-corrected chi connectivity index (χ4v) is 2.78. The largest absolute Gasteiger partial charge is 0.381 e. The fourth-order valence-electron chi connectivity index (χ4n) is 2.78. The second kappa shape index (κ2) is 4.35. The predicted molar refractivity (Wildman–Crippen MR) is 70.3 cm³/mol. The summed E-state index contributed by atoms with van der Waals surface area (Å²) >= 11 is 0. The zero-order valence-corrected chi connectivity index (χ0v) is 10.2. The summed E-state index contributed by atoms with van der Waals surface area (Å²) in [6.07, 6.45) is 11.3. The molecule has 1 saturated heterocycles. The van der Waals surface area contributed by atoms with Gasteiger partial charge in [0.1, 0.15) is 5.66 Å². The topological polar surface area (TPSA) is 76.9 Å². The van der Waals surface area contributed by atoms with Crippen LogP contribution in [-0.2, 0) is 4.74 Å². The van der Waals surface area contributed by atoms with E-state index >= 15 is 0 Å². The van der Waals surface area contributed by atoms with Crippen molar-refractivity contribution in [2.45, 2.75) is 18.5 Å².